The van der Waals surface area contributed by atoms with E-state index >= 15 is 0 Å². The molecule has 0 aliphatic carbocycles. The van der Waals surface area contributed by atoms with E-state index in [-0.39, 0.29) is 0 Å². The predicted molar refractivity (Wildman–Crippen MR) is 77.6 cm³/mol. The molecule has 17 heavy (non-hydrogen) atoms. The molecule has 0 heterocycles. The molecular formula is C17H26. The highest BCUT2D eigenvalue weighted by Gasteiger charge is 2.01. The molecule has 0 spiro atoms. The van der Waals surface area contributed by atoms with Gasteiger partial charge in [-0.1, -0.05) is 37.6 Å². The molecule has 0 bridgehead atoms. The summed E-state index contributed by atoms with van der Waals surface area (Å²) in [5, 5.41) is 0. The summed E-state index contributed by atoms with van der Waals surface area (Å²) >= 11 is 0. The Hall–Kier alpha value is -1.04. The monoisotopic (exact) mass is 230 g/mol. The van der Waals surface area contributed by atoms with E-state index in [4.69, 9.17) is 0 Å². The molecule has 0 heteroatoms. The van der Waals surface area contributed by atoms with Crippen molar-refractivity contribution in [2.45, 2.75) is 54.4 Å². The molecule has 1 aromatic carbocycles. The van der Waals surface area contributed by atoms with Crippen molar-refractivity contribution in [3.63, 3.8) is 0 Å². The number of allylic oxidation sites excluding steroid dienone is 2. The van der Waals surface area contributed by atoms with E-state index in [2.05, 4.69) is 59.8 Å². The zero-order valence-electron chi connectivity index (χ0n) is 12.2. The molecule has 1 rings (SSSR count). The lowest BCUT2D eigenvalue weighted by molar-refractivity contribution is 0.759. The third kappa shape index (κ3) is 4.03. The summed E-state index contributed by atoms with van der Waals surface area (Å²) in [6.07, 6.45) is 4.70. The molecule has 94 valence electrons. The zero-order chi connectivity index (χ0) is 13.0. The molecule has 1 aromatic rings. The molecule has 0 saturated heterocycles. The van der Waals surface area contributed by atoms with Gasteiger partial charge in [0.25, 0.3) is 0 Å². The average Bonchev–Trinajstić information content (AvgIpc) is 2.25. The van der Waals surface area contributed by atoms with Gasteiger partial charge in [-0.2, -0.15) is 0 Å². The van der Waals surface area contributed by atoms with Crippen LogP contribution in [-0.2, 0) is 6.42 Å². The lowest BCUT2D eigenvalue weighted by atomic mass is 9.97. The second-order valence-electron chi connectivity index (χ2n) is 5.50. The minimum atomic E-state index is 0.677. The largest absolute Gasteiger partial charge is 0.0850 e. The van der Waals surface area contributed by atoms with Crippen LogP contribution >= 0.6 is 0 Å². The van der Waals surface area contributed by atoms with Crippen LogP contribution in [0.15, 0.2) is 23.8 Å². The second-order valence-corrected chi connectivity index (χ2v) is 5.50. The highest BCUT2D eigenvalue weighted by atomic mass is 14.1. The molecule has 0 atom stereocenters. The molecule has 0 amide bonds. The van der Waals surface area contributed by atoms with E-state index in [1.54, 1.807) is 0 Å². The Morgan fingerprint density at radius 2 is 1.65 bits per heavy atom. The summed E-state index contributed by atoms with van der Waals surface area (Å²) in [5.74, 6) is 0.677. The molecule has 0 fully saturated rings. The second kappa shape index (κ2) is 6.05. The van der Waals surface area contributed by atoms with Crippen molar-refractivity contribution in [1.29, 1.82) is 0 Å². The molecule has 0 unspecified atom stereocenters. The van der Waals surface area contributed by atoms with E-state index in [1.165, 1.54) is 27.8 Å². The van der Waals surface area contributed by atoms with Crippen LogP contribution in [0.25, 0.3) is 0 Å². The van der Waals surface area contributed by atoms with Crippen LogP contribution < -0.4 is 0 Å². The van der Waals surface area contributed by atoms with Gasteiger partial charge in [0.2, 0.25) is 0 Å². The summed E-state index contributed by atoms with van der Waals surface area (Å²) in [4.78, 5) is 0. The summed E-state index contributed by atoms with van der Waals surface area (Å²) in [6, 6.07) is 4.67. The highest BCUT2D eigenvalue weighted by molar-refractivity contribution is 5.37. The van der Waals surface area contributed by atoms with Gasteiger partial charge in [0.15, 0.2) is 0 Å². The van der Waals surface area contributed by atoms with Crippen molar-refractivity contribution >= 4 is 0 Å². The normalized spacial score (nSPS) is 12.3. The molecule has 0 aliphatic heterocycles. The van der Waals surface area contributed by atoms with Crippen molar-refractivity contribution in [1.82, 2.24) is 0 Å². The first-order chi connectivity index (χ1) is 7.91. The van der Waals surface area contributed by atoms with Gasteiger partial charge in [-0.25, -0.2) is 0 Å². The SMILES string of the molecule is C/C(=C\CCc1cc(C)c(C)c(C)c1)C(C)C. The fourth-order valence-electron chi connectivity index (χ4n) is 1.97. The standard InChI is InChI=1S/C17H26/c1-12(2)13(3)8-7-9-17-10-14(4)16(6)15(5)11-17/h8,10-12H,7,9H2,1-6H3/b13-8+. The fourth-order valence-corrected chi connectivity index (χ4v) is 1.97. The van der Waals surface area contributed by atoms with E-state index in [0.717, 1.165) is 12.8 Å². The number of aryl methyl sites for hydroxylation is 3. The molecular weight excluding hydrogens is 204 g/mol. The van der Waals surface area contributed by atoms with Gasteiger partial charge >= 0.3 is 0 Å². The summed E-state index contributed by atoms with van der Waals surface area (Å²) in [6.45, 7) is 13.4. The van der Waals surface area contributed by atoms with Crippen LogP contribution in [-0.4, -0.2) is 0 Å². The van der Waals surface area contributed by atoms with Gasteiger partial charge in [0.1, 0.15) is 0 Å². The van der Waals surface area contributed by atoms with Gasteiger partial charge in [-0.3, -0.25) is 0 Å². The summed E-state index contributed by atoms with van der Waals surface area (Å²) < 4.78 is 0. The smallest absolute Gasteiger partial charge is 0.0244 e. The van der Waals surface area contributed by atoms with Crippen LogP contribution in [0.4, 0.5) is 0 Å². The first-order valence-electron chi connectivity index (χ1n) is 6.65. The number of hydrogen-bond acceptors (Lipinski definition) is 0. The lowest BCUT2D eigenvalue weighted by Gasteiger charge is -2.09. The van der Waals surface area contributed by atoms with E-state index in [1.807, 2.05) is 0 Å². The maximum Gasteiger partial charge on any atom is -0.0244 e. The van der Waals surface area contributed by atoms with Gasteiger partial charge in [0, 0.05) is 0 Å². The van der Waals surface area contributed by atoms with Crippen LogP contribution in [0.5, 0.6) is 0 Å². The van der Waals surface area contributed by atoms with Gasteiger partial charge in [0.05, 0.1) is 0 Å². The average molecular weight is 230 g/mol. The van der Waals surface area contributed by atoms with E-state index in [0.29, 0.717) is 5.92 Å². The number of rotatable bonds is 4. The van der Waals surface area contributed by atoms with Crippen LogP contribution in [0.2, 0.25) is 0 Å². The Labute approximate surface area is 107 Å². The Morgan fingerprint density at radius 1 is 1.12 bits per heavy atom. The van der Waals surface area contributed by atoms with Crippen molar-refractivity contribution in [2.24, 2.45) is 5.92 Å². The molecule has 0 nitrogen and oxygen atoms in total. The summed E-state index contributed by atoms with van der Waals surface area (Å²) in [7, 11) is 0. The molecule has 0 saturated carbocycles. The van der Waals surface area contributed by atoms with Gasteiger partial charge < -0.3 is 0 Å². The topological polar surface area (TPSA) is 0 Å². The van der Waals surface area contributed by atoms with Gasteiger partial charge in [-0.15, -0.1) is 0 Å². The lowest BCUT2D eigenvalue weighted by Crippen LogP contribution is -1.93. The first-order valence-corrected chi connectivity index (χ1v) is 6.65. The third-order valence-electron chi connectivity index (χ3n) is 3.80. The fraction of sp³-hybridized carbons (Fsp3) is 0.529. The Kier molecular flexibility index (Phi) is 4.99. The third-order valence-corrected chi connectivity index (χ3v) is 3.80. The maximum absolute atomic E-state index is 2.38. The van der Waals surface area contributed by atoms with Crippen LogP contribution in [0.3, 0.4) is 0 Å². The van der Waals surface area contributed by atoms with Crippen molar-refractivity contribution in [3.05, 3.63) is 46.0 Å². The zero-order valence-corrected chi connectivity index (χ0v) is 12.2. The van der Waals surface area contributed by atoms with Crippen molar-refractivity contribution in [3.8, 4) is 0 Å². The van der Waals surface area contributed by atoms with Gasteiger partial charge in [-0.05, 0) is 68.7 Å². The van der Waals surface area contributed by atoms with E-state index in [9.17, 15) is 0 Å². The van der Waals surface area contributed by atoms with Crippen LogP contribution in [0.1, 0.15) is 49.4 Å². The highest BCUT2D eigenvalue weighted by Crippen LogP contribution is 2.17. The molecule has 0 aliphatic rings. The maximum atomic E-state index is 2.38. The number of hydrogen-bond donors (Lipinski definition) is 0. The molecule has 0 aromatic heterocycles. The van der Waals surface area contributed by atoms with E-state index < -0.39 is 0 Å². The molecule has 0 radical (unpaired) electrons. The minimum Gasteiger partial charge on any atom is -0.0850 e. The van der Waals surface area contributed by atoms with Crippen molar-refractivity contribution < 1.29 is 0 Å². The molecule has 0 N–H and O–H groups in total. The Bertz CT molecular complexity index is 385. The summed E-state index contributed by atoms with van der Waals surface area (Å²) in [5.41, 5.74) is 7.25. The number of benzene rings is 1. The predicted octanol–water partition coefficient (Wildman–Crippen LogP) is 5.15. The Morgan fingerprint density at radius 3 is 2.12 bits per heavy atom. The minimum absolute atomic E-state index is 0.677. The quantitative estimate of drug-likeness (QED) is 0.628. The van der Waals surface area contributed by atoms with Crippen LogP contribution in [0, 0.1) is 26.7 Å². The first kappa shape index (κ1) is 14.0. The Balaban J connectivity index is 2.68. The van der Waals surface area contributed by atoms with Crippen molar-refractivity contribution in [2.75, 3.05) is 0 Å².